The van der Waals surface area contributed by atoms with Gasteiger partial charge in [0, 0.05) is 21.6 Å². The molecule has 1 heterocycles. The highest BCUT2D eigenvalue weighted by atomic mass is 35.5. The standard InChI is InChI=1S/C17H15ClN2O/c1-10-3-6-13(7-4-10)19-17(21)16-11(2)14-8-5-12(18)9-15(14)20-16/h3-9,20H,1-2H3,(H,19,21). The zero-order valence-corrected chi connectivity index (χ0v) is 12.6. The molecule has 3 aromatic rings. The lowest BCUT2D eigenvalue weighted by atomic mass is 10.1. The molecule has 0 atom stereocenters. The predicted molar refractivity (Wildman–Crippen MR) is 87.2 cm³/mol. The molecule has 21 heavy (non-hydrogen) atoms. The zero-order chi connectivity index (χ0) is 15.0. The first kappa shape index (κ1) is 13.7. The Morgan fingerprint density at radius 1 is 1.10 bits per heavy atom. The lowest BCUT2D eigenvalue weighted by Crippen LogP contribution is -2.13. The molecule has 2 N–H and O–H groups in total. The van der Waals surface area contributed by atoms with E-state index in [1.807, 2.05) is 56.3 Å². The van der Waals surface area contributed by atoms with Crippen molar-refractivity contribution in [3.8, 4) is 0 Å². The summed E-state index contributed by atoms with van der Waals surface area (Å²) in [6, 6.07) is 13.3. The summed E-state index contributed by atoms with van der Waals surface area (Å²) < 4.78 is 0. The molecule has 106 valence electrons. The van der Waals surface area contributed by atoms with Crippen LogP contribution < -0.4 is 5.32 Å². The number of carbonyl (C=O) groups is 1. The predicted octanol–water partition coefficient (Wildman–Crippen LogP) is 4.69. The lowest BCUT2D eigenvalue weighted by molar-refractivity contribution is 0.102. The monoisotopic (exact) mass is 298 g/mol. The van der Waals surface area contributed by atoms with E-state index in [2.05, 4.69) is 10.3 Å². The molecule has 0 spiro atoms. The number of anilines is 1. The number of H-pyrrole nitrogens is 1. The lowest BCUT2D eigenvalue weighted by Gasteiger charge is -2.05. The number of hydrogen-bond donors (Lipinski definition) is 2. The molecule has 0 aliphatic carbocycles. The first-order valence-electron chi connectivity index (χ1n) is 6.70. The zero-order valence-electron chi connectivity index (χ0n) is 11.8. The Kier molecular flexibility index (Phi) is 3.43. The van der Waals surface area contributed by atoms with Crippen molar-refractivity contribution in [3.05, 3.63) is 64.3 Å². The first-order valence-corrected chi connectivity index (χ1v) is 7.08. The third-order valence-electron chi connectivity index (χ3n) is 3.56. The molecule has 0 saturated heterocycles. The molecule has 0 bridgehead atoms. The minimum atomic E-state index is -0.149. The molecule has 0 radical (unpaired) electrons. The smallest absolute Gasteiger partial charge is 0.272 e. The molecule has 0 aliphatic heterocycles. The summed E-state index contributed by atoms with van der Waals surface area (Å²) >= 11 is 5.98. The first-order chi connectivity index (χ1) is 10.0. The van der Waals surface area contributed by atoms with Crippen molar-refractivity contribution in [3.63, 3.8) is 0 Å². The maximum Gasteiger partial charge on any atom is 0.272 e. The van der Waals surface area contributed by atoms with Gasteiger partial charge in [-0.15, -0.1) is 0 Å². The van der Waals surface area contributed by atoms with Crippen LogP contribution in [0.5, 0.6) is 0 Å². The highest BCUT2D eigenvalue weighted by molar-refractivity contribution is 6.31. The Labute approximate surface area is 127 Å². The summed E-state index contributed by atoms with van der Waals surface area (Å²) in [6.45, 7) is 3.94. The van der Waals surface area contributed by atoms with E-state index in [1.54, 1.807) is 0 Å². The van der Waals surface area contributed by atoms with E-state index in [9.17, 15) is 4.79 Å². The molecule has 0 aliphatic rings. The van der Waals surface area contributed by atoms with Crippen molar-refractivity contribution in [2.45, 2.75) is 13.8 Å². The van der Waals surface area contributed by atoms with Crippen LogP contribution in [0.3, 0.4) is 0 Å². The Hall–Kier alpha value is -2.26. The van der Waals surface area contributed by atoms with Crippen molar-refractivity contribution in [2.75, 3.05) is 5.32 Å². The van der Waals surface area contributed by atoms with Crippen LogP contribution in [0.25, 0.3) is 10.9 Å². The number of fused-ring (bicyclic) bond motifs is 1. The van der Waals surface area contributed by atoms with Crippen molar-refractivity contribution >= 4 is 34.1 Å². The average Bonchev–Trinajstić information content (AvgIpc) is 2.78. The van der Waals surface area contributed by atoms with E-state index in [1.165, 1.54) is 0 Å². The number of aryl methyl sites for hydroxylation is 2. The number of carbonyl (C=O) groups excluding carboxylic acids is 1. The molecule has 3 nitrogen and oxygen atoms in total. The van der Waals surface area contributed by atoms with Gasteiger partial charge in [-0.2, -0.15) is 0 Å². The molecular weight excluding hydrogens is 284 g/mol. The largest absolute Gasteiger partial charge is 0.350 e. The number of amides is 1. The van der Waals surface area contributed by atoms with Gasteiger partial charge in [0.25, 0.3) is 5.91 Å². The van der Waals surface area contributed by atoms with Crippen molar-refractivity contribution < 1.29 is 4.79 Å². The number of aromatic amines is 1. The molecule has 0 unspecified atom stereocenters. The Morgan fingerprint density at radius 2 is 1.81 bits per heavy atom. The number of aromatic nitrogens is 1. The molecule has 0 fully saturated rings. The third-order valence-corrected chi connectivity index (χ3v) is 3.79. The summed E-state index contributed by atoms with van der Waals surface area (Å²) in [7, 11) is 0. The van der Waals surface area contributed by atoms with Gasteiger partial charge in [0.15, 0.2) is 0 Å². The Morgan fingerprint density at radius 3 is 2.52 bits per heavy atom. The van der Waals surface area contributed by atoms with Gasteiger partial charge in [0.05, 0.1) is 0 Å². The van der Waals surface area contributed by atoms with E-state index >= 15 is 0 Å². The van der Waals surface area contributed by atoms with Crippen LogP contribution in [0.1, 0.15) is 21.6 Å². The Bertz CT molecular complexity index is 819. The maximum atomic E-state index is 12.4. The van der Waals surface area contributed by atoms with E-state index < -0.39 is 0 Å². The second kappa shape index (κ2) is 5.26. The van der Waals surface area contributed by atoms with E-state index in [0.717, 1.165) is 27.7 Å². The minimum absolute atomic E-state index is 0.149. The van der Waals surface area contributed by atoms with Crippen LogP contribution in [0.4, 0.5) is 5.69 Å². The van der Waals surface area contributed by atoms with Crippen molar-refractivity contribution in [2.24, 2.45) is 0 Å². The Balaban J connectivity index is 1.94. The maximum absolute atomic E-state index is 12.4. The summed E-state index contributed by atoms with van der Waals surface area (Å²) in [5, 5.41) is 4.55. The van der Waals surface area contributed by atoms with Gasteiger partial charge in [-0.25, -0.2) is 0 Å². The second-order valence-electron chi connectivity index (χ2n) is 5.14. The van der Waals surface area contributed by atoms with Crippen LogP contribution in [-0.2, 0) is 0 Å². The van der Waals surface area contributed by atoms with Crippen molar-refractivity contribution in [1.29, 1.82) is 0 Å². The fraction of sp³-hybridized carbons (Fsp3) is 0.118. The number of nitrogens with one attached hydrogen (secondary N) is 2. The van der Waals surface area contributed by atoms with Crippen LogP contribution in [0, 0.1) is 13.8 Å². The van der Waals surface area contributed by atoms with Gasteiger partial charge < -0.3 is 10.3 Å². The highest BCUT2D eigenvalue weighted by Gasteiger charge is 2.15. The summed E-state index contributed by atoms with van der Waals surface area (Å²) in [6.07, 6.45) is 0. The summed E-state index contributed by atoms with van der Waals surface area (Å²) in [5.41, 5.74) is 4.29. The summed E-state index contributed by atoms with van der Waals surface area (Å²) in [5.74, 6) is -0.149. The van der Waals surface area contributed by atoms with Gasteiger partial charge in [-0.1, -0.05) is 35.4 Å². The molecule has 1 aromatic heterocycles. The van der Waals surface area contributed by atoms with E-state index in [4.69, 9.17) is 11.6 Å². The molecule has 3 rings (SSSR count). The van der Waals surface area contributed by atoms with Gasteiger partial charge in [0.1, 0.15) is 5.69 Å². The van der Waals surface area contributed by atoms with Gasteiger partial charge in [-0.05, 0) is 43.7 Å². The van der Waals surface area contributed by atoms with Crippen LogP contribution in [0.15, 0.2) is 42.5 Å². The fourth-order valence-corrected chi connectivity index (χ4v) is 2.54. The van der Waals surface area contributed by atoms with Gasteiger partial charge in [0.2, 0.25) is 0 Å². The molecule has 4 heteroatoms. The van der Waals surface area contributed by atoms with Crippen LogP contribution in [-0.4, -0.2) is 10.9 Å². The van der Waals surface area contributed by atoms with Crippen LogP contribution in [0.2, 0.25) is 5.02 Å². The minimum Gasteiger partial charge on any atom is -0.350 e. The number of benzene rings is 2. The van der Waals surface area contributed by atoms with E-state index in [0.29, 0.717) is 10.7 Å². The van der Waals surface area contributed by atoms with Crippen molar-refractivity contribution in [1.82, 2.24) is 4.98 Å². The molecule has 2 aromatic carbocycles. The van der Waals surface area contributed by atoms with Gasteiger partial charge in [-0.3, -0.25) is 4.79 Å². The molecule has 0 saturated carbocycles. The molecule has 1 amide bonds. The normalized spacial score (nSPS) is 10.8. The quantitative estimate of drug-likeness (QED) is 0.708. The third kappa shape index (κ3) is 2.65. The number of halogens is 1. The fourth-order valence-electron chi connectivity index (χ4n) is 2.37. The number of rotatable bonds is 2. The summed E-state index contributed by atoms with van der Waals surface area (Å²) in [4.78, 5) is 15.5. The van der Waals surface area contributed by atoms with E-state index in [-0.39, 0.29) is 5.91 Å². The molecular formula is C17H15ClN2O. The second-order valence-corrected chi connectivity index (χ2v) is 5.57. The number of hydrogen-bond acceptors (Lipinski definition) is 1. The van der Waals surface area contributed by atoms with Gasteiger partial charge >= 0.3 is 0 Å². The van der Waals surface area contributed by atoms with Crippen LogP contribution >= 0.6 is 11.6 Å². The highest BCUT2D eigenvalue weighted by Crippen LogP contribution is 2.25. The topological polar surface area (TPSA) is 44.9 Å². The SMILES string of the molecule is Cc1ccc(NC(=O)c2[nH]c3cc(Cl)ccc3c2C)cc1. The average molecular weight is 299 g/mol.